The molecule has 94 valence electrons. The lowest BCUT2D eigenvalue weighted by Crippen LogP contribution is -2.38. The Bertz CT molecular complexity index is 423. The second-order valence-corrected chi connectivity index (χ2v) is 3.37. The van der Waals surface area contributed by atoms with Gasteiger partial charge in [0.05, 0.1) is 12.1 Å². The monoisotopic (exact) mass is 247 g/mol. The Hall–Kier alpha value is -1.89. The highest BCUT2D eigenvalue weighted by Crippen LogP contribution is 2.28. The summed E-state index contributed by atoms with van der Waals surface area (Å²) in [4.78, 5) is 11.4. The fourth-order valence-electron chi connectivity index (χ4n) is 1.08. The van der Waals surface area contributed by atoms with Gasteiger partial charge in [0, 0.05) is 0 Å². The van der Waals surface area contributed by atoms with Crippen LogP contribution in [-0.4, -0.2) is 40.3 Å². The quantitative estimate of drug-likeness (QED) is 0.582. The molecule has 0 aliphatic carbocycles. The van der Waals surface area contributed by atoms with Crippen LogP contribution in [0.1, 0.15) is 10.4 Å². The largest absolute Gasteiger partial charge is 0.504 e. The number of hydrogen-bond acceptors (Lipinski definition) is 4. The molecule has 1 aromatic rings. The Balaban J connectivity index is 2.74. The average Bonchev–Trinajstić information content (AvgIpc) is 2.30. The van der Waals surface area contributed by atoms with Crippen molar-refractivity contribution in [1.82, 2.24) is 5.32 Å². The number of halogens is 2. The van der Waals surface area contributed by atoms with E-state index in [-0.39, 0.29) is 5.56 Å². The highest BCUT2D eigenvalue weighted by atomic mass is 19.3. The topological polar surface area (TPSA) is 89.8 Å². The van der Waals surface area contributed by atoms with E-state index >= 15 is 0 Å². The molecule has 7 heteroatoms. The van der Waals surface area contributed by atoms with E-state index in [9.17, 15) is 18.7 Å². The summed E-state index contributed by atoms with van der Waals surface area (Å²) >= 11 is 0. The predicted octanol–water partition coefficient (Wildman–Crippen LogP) is 0.455. The first kappa shape index (κ1) is 13.2. The normalized spacial score (nSPS) is 11.2. The van der Waals surface area contributed by atoms with Crippen LogP contribution in [0.5, 0.6) is 11.5 Å². The number of alkyl halides is 2. The van der Waals surface area contributed by atoms with Crippen LogP contribution < -0.4 is 5.32 Å². The molecule has 0 bridgehead atoms. The maximum atomic E-state index is 12.6. The highest BCUT2D eigenvalue weighted by Gasteiger charge is 2.28. The number of amides is 1. The van der Waals surface area contributed by atoms with Crippen molar-refractivity contribution in [3.63, 3.8) is 0 Å². The summed E-state index contributed by atoms with van der Waals surface area (Å²) in [7, 11) is 0. The minimum absolute atomic E-state index is 0.321. The third-order valence-electron chi connectivity index (χ3n) is 2.00. The standard InChI is InChI=1S/C10H11F2NO4/c11-10(12,5-14)4-13-9(17)6-2-1-3-7(15)8(6)16/h1-3,14-16H,4-5H2,(H,13,17). The van der Waals surface area contributed by atoms with Crippen LogP contribution in [-0.2, 0) is 0 Å². The van der Waals surface area contributed by atoms with Crippen molar-refractivity contribution < 1.29 is 28.9 Å². The number of rotatable bonds is 4. The van der Waals surface area contributed by atoms with Gasteiger partial charge in [-0.3, -0.25) is 4.79 Å². The molecule has 1 aromatic carbocycles. The van der Waals surface area contributed by atoms with Gasteiger partial charge >= 0.3 is 0 Å². The molecule has 0 radical (unpaired) electrons. The first-order valence-electron chi connectivity index (χ1n) is 4.65. The SMILES string of the molecule is O=C(NCC(F)(F)CO)c1cccc(O)c1O. The number of aromatic hydroxyl groups is 2. The van der Waals surface area contributed by atoms with Crippen LogP contribution in [0.3, 0.4) is 0 Å². The number of nitrogens with one attached hydrogen (secondary N) is 1. The summed E-state index contributed by atoms with van der Waals surface area (Å²) in [5.74, 6) is -5.60. The smallest absolute Gasteiger partial charge is 0.287 e. The number of benzene rings is 1. The molecule has 0 fully saturated rings. The van der Waals surface area contributed by atoms with Gasteiger partial charge in [-0.1, -0.05) is 6.07 Å². The average molecular weight is 247 g/mol. The molecule has 0 unspecified atom stereocenters. The third kappa shape index (κ3) is 3.28. The highest BCUT2D eigenvalue weighted by molar-refractivity contribution is 5.97. The van der Waals surface area contributed by atoms with E-state index in [0.717, 1.165) is 6.07 Å². The number of carbonyl (C=O) groups excluding carboxylic acids is 1. The molecule has 4 N–H and O–H groups in total. The zero-order valence-electron chi connectivity index (χ0n) is 8.65. The fourth-order valence-corrected chi connectivity index (χ4v) is 1.08. The molecular formula is C10H11F2NO4. The second kappa shape index (κ2) is 4.96. The van der Waals surface area contributed by atoms with Gasteiger partial charge < -0.3 is 20.6 Å². The zero-order valence-corrected chi connectivity index (χ0v) is 8.65. The minimum atomic E-state index is -3.43. The lowest BCUT2D eigenvalue weighted by atomic mass is 10.1. The van der Waals surface area contributed by atoms with Gasteiger partial charge in [0.25, 0.3) is 11.8 Å². The molecule has 0 aromatic heterocycles. The van der Waals surface area contributed by atoms with Crippen LogP contribution in [0.2, 0.25) is 0 Å². The van der Waals surface area contributed by atoms with Crippen molar-refractivity contribution >= 4 is 5.91 Å². The molecule has 1 rings (SSSR count). The molecule has 0 aliphatic rings. The second-order valence-electron chi connectivity index (χ2n) is 3.37. The summed E-state index contributed by atoms with van der Waals surface area (Å²) < 4.78 is 25.3. The first-order valence-corrected chi connectivity index (χ1v) is 4.65. The number of aliphatic hydroxyl groups excluding tert-OH is 1. The molecule has 0 heterocycles. The fraction of sp³-hybridized carbons (Fsp3) is 0.300. The Morgan fingerprint density at radius 2 is 2.00 bits per heavy atom. The summed E-state index contributed by atoms with van der Waals surface area (Å²) in [6.45, 7) is -2.45. The molecule has 17 heavy (non-hydrogen) atoms. The predicted molar refractivity (Wildman–Crippen MR) is 54.1 cm³/mol. The van der Waals surface area contributed by atoms with Crippen LogP contribution in [0.4, 0.5) is 8.78 Å². The van der Waals surface area contributed by atoms with E-state index in [0.29, 0.717) is 0 Å². The first-order chi connectivity index (χ1) is 7.87. The van der Waals surface area contributed by atoms with Gasteiger partial charge in [-0.05, 0) is 12.1 Å². The molecule has 5 nitrogen and oxygen atoms in total. The van der Waals surface area contributed by atoms with Gasteiger partial charge in [0.2, 0.25) is 0 Å². The van der Waals surface area contributed by atoms with Crippen molar-refractivity contribution in [1.29, 1.82) is 0 Å². The maximum Gasteiger partial charge on any atom is 0.287 e. The van der Waals surface area contributed by atoms with Crippen molar-refractivity contribution in [2.75, 3.05) is 13.2 Å². The zero-order chi connectivity index (χ0) is 13.1. The van der Waals surface area contributed by atoms with E-state index in [2.05, 4.69) is 0 Å². The Labute approximate surface area is 95.3 Å². The van der Waals surface area contributed by atoms with Gasteiger partial charge in [-0.2, -0.15) is 0 Å². The summed E-state index contributed by atoms with van der Waals surface area (Å²) in [6, 6.07) is 3.60. The molecular weight excluding hydrogens is 236 g/mol. The Morgan fingerprint density at radius 3 is 2.59 bits per heavy atom. The number of phenolic OH excluding ortho intramolecular Hbond substituents is 2. The van der Waals surface area contributed by atoms with Crippen LogP contribution >= 0.6 is 0 Å². The van der Waals surface area contributed by atoms with Crippen LogP contribution in [0.15, 0.2) is 18.2 Å². The molecule has 1 amide bonds. The molecule has 0 saturated carbocycles. The van der Waals surface area contributed by atoms with E-state index in [1.807, 2.05) is 5.32 Å². The summed E-state index contributed by atoms with van der Waals surface area (Å²) in [6.07, 6.45) is 0. The molecule has 0 aliphatic heterocycles. The van der Waals surface area contributed by atoms with Gasteiger partial charge in [0.15, 0.2) is 11.5 Å². The van der Waals surface area contributed by atoms with E-state index in [1.54, 1.807) is 0 Å². The summed E-state index contributed by atoms with van der Waals surface area (Å²) in [5.41, 5.74) is -0.321. The van der Waals surface area contributed by atoms with Gasteiger partial charge in [-0.15, -0.1) is 0 Å². The van der Waals surface area contributed by atoms with E-state index in [1.165, 1.54) is 12.1 Å². The van der Waals surface area contributed by atoms with E-state index < -0.39 is 36.5 Å². The van der Waals surface area contributed by atoms with Gasteiger partial charge in [-0.25, -0.2) is 8.78 Å². The van der Waals surface area contributed by atoms with E-state index in [4.69, 9.17) is 10.2 Å². The lowest BCUT2D eigenvalue weighted by Gasteiger charge is -2.14. The van der Waals surface area contributed by atoms with Crippen LogP contribution in [0.25, 0.3) is 0 Å². The number of aliphatic hydroxyl groups is 1. The lowest BCUT2D eigenvalue weighted by molar-refractivity contribution is -0.0462. The number of para-hydroxylation sites is 1. The Kier molecular flexibility index (Phi) is 3.84. The molecule has 0 saturated heterocycles. The van der Waals surface area contributed by atoms with Crippen LogP contribution in [0, 0.1) is 0 Å². The third-order valence-corrected chi connectivity index (χ3v) is 2.00. The number of hydrogen-bond donors (Lipinski definition) is 4. The van der Waals surface area contributed by atoms with Crippen molar-refractivity contribution in [2.24, 2.45) is 0 Å². The van der Waals surface area contributed by atoms with Crippen molar-refractivity contribution in [2.45, 2.75) is 5.92 Å². The van der Waals surface area contributed by atoms with Crippen molar-refractivity contribution in [3.8, 4) is 11.5 Å². The Morgan fingerprint density at radius 1 is 1.35 bits per heavy atom. The minimum Gasteiger partial charge on any atom is -0.504 e. The summed E-state index contributed by atoms with van der Waals surface area (Å²) in [5, 5.41) is 28.5. The van der Waals surface area contributed by atoms with Crippen molar-refractivity contribution in [3.05, 3.63) is 23.8 Å². The molecule has 0 spiro atoms. The molecule has 0 atom stereocenters. The maximum absolute atomic E-state index is 12.6. The van der Waals surface area contributed by atoms with Gasteiger partial charge in [0.1, 0.15) is 6.61 Å². The number of carbonyl (C=O) groups is 1. The number of phenols is 2.